The summed E-state index contributed by atoms with van der Waals surface area (Å²) in [4.78, 5) is 4.22. The van der Waals surface area contributed by atoms with E-state index in [2.05, 4.69) is 27.8 Å². The maximum atomic E-state index is 13.0. The van der Waals surface area contributed by atoms with E-state index in [-0.39, 0.29) is 5.82 Å². The zero-order chi connectivity index (χ0) is 12.0. The van der Waals surface area contributed by atoms with Gasteiger partial charge in [0.15, 0.2) is 5.17 Å². The van der Waals surface area contributed by atoms with E-state index in [0.717, 1.165) is 17.7 Å². The van der Waals surface area contributed by atoms with Gasteiger partial charge in [0.1, 0.15) is 5.82 Å². The first-order chi connectivity index (χ1) is 7.63. The lowest BCUT2D eigenvalue weighted by Gasteiger charge is -2.01. The second-order valence-electron chi connectivity index (χ2n) is 3.25. The number of aliphatic imine (C=N–C) groups is 1. The first-order valence-electron chi connectivity index (χ1n) is 5.00. The van der Waals surface area contributed by atoms with Gasteiger partial charge in [-0.25, -0.2) is 4.39 Å². The molecule has 0 atom stereocenters. The third-order valence-corrected chi connectivity index (χ3v) is 3.50. The fourth-order valence-corrected chi connectivity index (χ4v) is 2.05. The number of hydrogen-bond donors (Lipinski definition) is 1. The third kappa shape index (κ3) is 4.53. The Morgan fingerprint density at radius 2 is 2.31 bits per heavy atom. The minimum Gasteiger partial charge on any atom is -0.379 e. The standard InChI is InChI=1S/C11H14BrFN2S/c1-2-5-16-11(14)15-7-8-3-4-10(13)9(12)6-8/h3-4,6H,2,5,7H2,1H3,(H2,14,15). The van der Waals surface area contributed by atoms with E-state index >= 15 is 0 Å². The van der Waals surface area contributed by atoms with Crippen molar-refractivity contribution < 1.29 is 4.39 Å². The van der Waals surface area contributed by atoms with Crippen LogP contribution in [0.15, 0.2) is 27.7 Å². The van der Waals surface area contributed by atoms with Crippen LogP contribution in [-0.4, -0.2) is 10.9 Å². The summed E-state index contributed by atoms with van der Waals surface area (Å²) in [6, 6.07) is 4.85. The third-order valence-electron chi connectivity index (χ3n) is 1.86. The smallest absolute Gasteiger partial charge is 0.154 e. The van der Waals surface area contributed by atoms with Crippen molar-refractivity contribution in [2.24, 2.45) is 10.7 Å². The monoisotopic (exact) mass is 304 g/mol. The predicted octanol–water partition coefficient (Wildman–Crippen LogP) is 3.55. The molecule has 16 heavy (non-hydrogen) atoms. The van der Waals surface area contributed by atoms with Gasteiger partial charge in [-0.15, -0.1) is 0 Å². The van der Waals surface area contributed by atoms with Crippen molar-refractivity contribution in [3.63, 3.8) is 0 Å². The van der Waals surface area contributed by atoms with Crippen LogP contribution in [0.5, 0.6) is 0 Å². The molecule has 0 amide bonds. The van der Waals surface area contributed by atoms with E-state index in [0.29, 0.717) is 16.2 Å². The molecular formula is C11H14BrFN2S. The number of rotatable bonds is 4. The fourth-order valence-electron chi connectivity index (χ4n) is 1.06. The Morgan fingerprint density at radius 3 is 2.94 bits per heavy atom. The summed E-state index contributed by atoms with van der Waals surface area (Å²) in [5.74, 6) is 0.712. The Hall–Kier alpha value is -0.550. The van der Waals surface area contributed by atoms with Crippen molar-refractivity contribution in [3.8, 4) is 0 Å². The van der Waals surface area contributed by atoms with E-state index in [1.54, 1.807) is 23.9 Å². The molecule has 0 saturated heterocycles. The van der Waals surface area contributed by atoms with Crippen LogP contribution < -0.4 is 5.73 Å². The maximum Gasteiger partial charge on any atom is 0.154 e. The molecule has 0 bridgehead atoms. The van der Waals surface area contributed by atoms with E-state index in [1.807, 2.05) is 0 Å². The Labute approximate surface area is 108 Å². The minimum absolute atomic E-state index is 0.263. The van der Waals surface area contributed by atoms with Crippen LogP contribution >= 0.6 is 27.7 Å². The van der Waals surface area contributed by atoms with Gasteiger partial charge in [-0.1, -0.05) is 24.8 Å². The predicted molar refractivity (Wildman–Crippen MR) is 72.2 cm³/mol. The molecular weight excluding hydrogens is 291 g/mol. The highest BCUT2D eigenvalue weighted by molar-refractivity contribution is 9.10. The van der Waals surface area contributed by atoms with Gasteiger partial charge in [-0.05, 0) is 40.0 Å². The van der Waals surface area contributed by atoms with Crippen molar-refractivity contribution in [1.29, 1.82) is 0 Å². The van der Waals surface area contributed by atoms with E-state index in [4.69, 9.17) is 5.73 Å². The van der Waals surface area contributed by atoms with Gasteiger partial charge in [0.05, 0.1) is 11.0 Å². The van der Waals surface area contributed by atoms with E-state index in [1.165, 1.54) is 6.07 Å². The molecule has 2 N–H and O–H groups in total. The topological polar surface area (TPSA) is 38.4 Å². The number of benzene rings is 1. The largest absolute Gasteiger partial charge is 0.379 e. The molecule has 0 aliphatic heterocycles. The van der Waals surface area contributed by atoms with Crippen LogP contribution in [0.2, 0.25) is 0 Å². The lowest BCUT2D eigenvalue weighted by Crippen LogP contribution is -2.07. The lowest BCUT2D eigenvalue weighted by molar-refractivity contribution is 0.620. The number of hydrogen-bond acceptors (Lipinski definition) is 2. The van der Waals surface area contributed by atoms with Crippen LogP contribution in [0.25, 0.3) is 0 Å². The van der Waals surface area contributed by atoms with Crippen LogP contribution in [0.1, 0.15) is 18.9 Å². The van der Waals surface area contributed by atoms with Crippen LogP contribution in [0.3, 0.4) is 0 Å². The van der Waals surface area contributed by atoms with Crippen molar-refractivity contribution in [3.05, 3.63) is 34.1 Å². The average molecular weight is 305 g/mol. The van der Waals surface area contributed by atoms with Crippen molar-refractivity contribution in [1.82, 2.24) is 0 Å². The first-order valence-corrected chi connectivity index (χ1v) is 6.78. The number of nitrogens with two attached hydrogens (primary N) is 1. The SMILES string of the molecule is CCCSC(N)=NCc1ccc(F)c(Br)c1. The van der Waals surface area contributed by atoms with Gasteiger partial charge in [-0.2, -0.15) is 0 Å². The summed E-state index contributed by atoms with van der Waals surface area (Å²) in [5, 5.41) is 0.585. The van der Waals surface area contributed by atoms with Gasteiger partial charge in [-0.3, -0.25) is 4.99 Å². The normalized spacial score (nSPS) is 11.8. The average Bonchev–Trinajstić information content (AvgIpc) is 2.28. The second kappa shape index (κ2) is 6.91. The van der Waals surface area contributed by atoms with E-state index in [9.17, 15) is 4.39 Å². The maximum absolute atomic E-state index is 13.0. The van der Waals surface area contributed by atoms with Gasteiger partial charge in [0, 0.05) is 5.75 Å². The van der Waals surface area contributed by atoms with Gasteiger partial charge >= 0.3 is 0 Å². The minimum atomic E-state index is -0.263. The van der Waals surface area contributed by atoms with Gasteiger partial charge < -0.3 is 5.73 Å². The first kappa shape index (κ1) is 13.5. The molecule has 1 rings (SSSR count). The van der Waals surface area contributed by atoms with Crippen molar-refractivity contribution >= 4 is 32.9 Å². The van der Waals surface area contributed by atoms with Gasteiger partial charge in [0.2, 0.25) is 0 Å². The number of nitrogens with zero attached hydrogens (tertiary/aromatic N) is 1. The fraction of sp³-hybridized carbons (Fsp3) is 0.364. The summed E-state index contributed by atoms with van der Waals surface area (Å²) in [6.45, 7) is 2.58. The molecule has 0 aliphatic carbocycles. The molecule has 1 aromatic rings. The van der Waals surface area contributed by atoms with Crippen LogP contribution in [0.4, 0.5) is 4.39 Å². The zero-order valence-corrected chi connectivity index (χ0v) is 11.4. The molecule has 0 aromatic heterocycles. The molecule has 0 heterocycles. The molecule has 0 unspecified atom stereocenters. The molecule has 0 spiro atoms. The summed E-state index contributed by atoms with van der Waals surface area (Å²) in [5.41, 5.74) is 6.64. The Kier molecular flexibility index (Phi) is 5.84. The molecule has 1 aromatic carbocycles. The molecule has 5 heteroatoms. The number of halogens is 2. The van der Waals surface area contributed by atoms with Crippen LogP contribution in [0, 0.1) is 5.82 Å². The highest BCUT2D eigenvalue weighted by Gasteiger charge is 2.00. The highest BCUT2D eigenvalue weighted by Crippen LogP contribution is 2.17. The highest BCUT2D eigenvalue weighted by atomic mass is 79.9. The molecule has 0 fully saturated rings. The van der Waals surface area contributed by atoms with Crippen LogP contribution in [-0.2, 0) is 6.54 Å². The summed E-state index contributed by atoms with van der Waals surface area (Å²) >= 11 is 4.68. The summed E-state index contributed by atoms with van der Waals surface area (Å²) in [7, 11) is 0. The molecule has 0 radical (unpaired) electrons. The quantitative estimate of drug-likeness (QED) is 0.682. The van der Waals surface area contributed by atoms with Crippen molar-refractivity contribution in [2.45, 2.75) is 19.9 Å². The Morgan fingerprint density at radius 1 is 1.56 bits per heavy atom. The molecule has 0 saturated carbocycles. The van der Waals surface area contributed by atoms with Crippen molar-refractivity contribution in [2.75, 3.05) is 5.75 Å². The number of thioether (sulfide) groups is 1. The second-order valence-corrected chi connectivity index (χ2v) is 5.22. The summed E-state index contributed by atoms with van der Waals surface area (Å²) < 4.78 is 13.4. The Balaban J connectivity index is 2.56. The van der Waals surface area contributed by atoms with Gasteiger partial charge in [0.25, 0.3) is 0 Å². The molecule has 2 nitrogen and oxygen atoms in total. The summed E-state index contributed by atoms with van der Waals surface area (Å²) in [6.07, 6.45) is 1.07. The zero-order valence-electron chi connectivity index (χ0n) is 9.04. The molecule has 88 valence electrons. The van der Waals surface area contributed by atoms with E-state index < -0.39 is 0 Å². The number of amidine groups is 1. The Bertz CT molecular complexity index is 382. The lowest BCUT2D eigenvalue weighted by atomic mass is 10.2. The molecule has 0 aliphatic rings.